The maximum Gasteiger partial charge on any atom is 0.311 e. The molecule has 1 heterocycles. The summed E-state index contributed by atoms with van der Waals surface area (Å²) in [7, 11) is 0. The molecular weight excluding hydrogens is 184 g/mol. The number of hydrogen-bond acceptors (Lipinski definition) is 3. The molecule has 5 heteroatoms. The number of rotatable bonds is 1. The van der Waals surface area contributed by atoms with Crippen LogP contribution in [0.15, 0.2) is 0 Å². The monoisotopic (exact) mass is 198 g/mol. The van der Waals surface area contributed by atoms with E-state index < -0.39 is 11.8 Å². The van der Waals surface area contributed by atoms with Gasteiger partial charge in [-0.05, 0) is 19.8 Å². The van der Waals surface area contributed by atoms with Gasteiger partial charge in [0, 0.05) is 19.0 Å². The molecule has 0 radical (unpaired) electrons. The molecule has 0 unspecified atom stereocenters. The van der Waals surface area contributed by atoms with E-state index in [0.29, 0.717) is 25.9 Å². The van der Waals surface area contributed by atoms with E-state index in [2.05, 4.69) is 0 Å². The van der Waals surface area contributed by atoms with E-state index in [1.54, 1.807) is 6.92 Å². The van der Waals surface area contributed by atoms with Crippen LogP contribution in [-0.2, 0) is 14.4 Å². The Kier molecular flexibility index (Phi) is 3.22. The molecule has 0 aromatic carbocycles. The van der Waals surface area contributed by atoms with Crippen LogP contribution in [0.5, 0.6) is 0 Å². The molecule has 1 rings (SSSR count). The van der Waals surface area contributed by atoms with Crippen LogP contribution in [0.3, 0.4) is 0 Å². The second kappa shape index (κ2) is 4.21. The van der Waals surface area contributed by atoms with Crippen molar-refractivity contribution in [3.63, 3.8) is 0 Å². The van der Waals surface area contributed by atoms with Gasteiger partial charge in [0.1, 0.15) is 5.78 Å². The lowest BCUT2D eigenvalue weighted by molar-refractivity contribution is -0.145. The van der Waals surface area contributed by atoms with Crippen molar-refractivity contribution in [2.75, 3.05) is 13.1 Å². The average molecular weight is 198 g/mol. The molecule has 1 aliphatic heterocycles. The first-order valence-corrected chi connectivity index (χ1v) is 4.61. The summed E-state index contributed by atoms with van der Waals surface area (Å²) < 4.78 is 0. The molecule has 5 nitrogen and oxygen atoms in total. The van der Waals surface area contributed by atoms with Crippen molar-refractivity contribution in [3.8, 4) is 0 Å². The van der Waals surface area contributed by atoms with E-state index in [9.17, 15) is 14.4 Å². The highest BCUT2D eigenvalue weighted by Gasteiger charge is 2.27. The molecule has 0 aromatic rings. The number of nitrogens with zero attached hydrogens (tertiary/aromatic N) is 1. The van der Waals surface area contributed by atoms with Crippen molar-refractivity contribution >= 4 is 17.6 Å². The predicted molar refractivity (Wildman–Crippen MR) is 49.2 cm³/mol. The average Bonchev–Trinajstić information content (AvgIpc) is 2.16. The van der Waals surface area contributed by atoms with Gasteiger partial charge in [0.05, 0.1) is 0 Å². The number of Topliss-reactive ketones (excluding diaryl/α,β-unsaturated/α-hetero) is 1. The quantitative estimate of drug-likeness (QED) is 0.566. The molecular formula is C9H14N2O3. The van der Waals surface area contributed by atoms with Crippen LogP contribution in [0.2, 0.25) is 0 Å². The summed E-state index contributed by atoms with van der Waals surface area (Å²) in [6.07, 6.45) is 1.27. The van der Waals surface area contributed by atoms with Crippen molar-refractivity contribution in [1.82, 2.24) is 4.90 Å². The molecule has 2 N–H and O–H groups in total. The van der Waals surface area contributed by atoms with Crippen LogP contribution in [-0.4, -0.2) is 35.6 Å². The smallest absolute Gasteiger partial charge is 0.311 e. The molecule has 0 bridgehead atoms. The fourth-order valence-corrected chi connectivity index (χ4v) is 1.64. The first kappa shape index (κ1) is 10.7. The van der Waals surface area contributed by atoms with Crippen molar-refractivity contribution < 1.29 is 14.4 Å². The molecule has 2 amide bonds. The fraction of sp³-hybridized carbons (Fsp3) is 0.667. The van der Waals surface area contributed by atoms with Gasteiger partial charge >= 0.3 is 11.8 Å². The Morgan fingerprint density at radius 1 is 1.21 bits per heavy atom. The molecule has 0 atom stereocenters. The first-order chi connectivity index (χ1) is 6.52. The Labute approximate surface area is 82.2 Å². The maximum absolute atomic E-state index is 11.1. The number of piperidine rings is 1. The lowest BCUT2D eigenvalue weighted by Crippen LogP contribution is -2.45. The van der Waals surface area contributed by atoms with Crippen molar-refractivity contribution in [1.29, 1.82) is 0 Å². The van der Waals surface area contributed by atoms with Gasteiger partial charge in [-0.1, -0.05) is 0 Å². The number of likely N-dealkylation sites (tertiary alicyclic amines) is 1. The van der Waals surface area contributed by atoms with E-state index in [1.807, 2.05) is 0 Å². The van der Waals surface area contributed by atoms with Crippen molar-refractivity contribution in [3.05, 3.63) is 0 Å². The normalized spacial score (nSPS) is 17.9. The number of amides is 2. The minimum Gasteiger partial charge on any atom is -0.361 e. The third-order valence-corrected chi connectivity index (χ3v) is 2.57. The van der Waals surface area contributed by atoms with E-state index >= 15 is 0 Å². The highest BCUT2D eigenvalue weighted by Crippen LogP contribution is 2.17. The minimum atomic E-state index is -0.925. The van der Waals surface area contributed by atoms with Crippen LogP contribution >= 0.6 is 0 Å². The molecule has 0 aromatic heterocycles. The number of ketones is 1. The number of carbonyl (C=O) groups excluding carboxylic acids is 3. The van der Waals surface area contributed by atoms with E-state index in [0.717, 1.165) is 0 Å². The fourth-order valence-electron chi connectivity index (χ4n) is 1.64. The lowest BCUT2D eigenvalue weighted by atomic mass is 9.93. The van der Waals surface area contributed by atoms with Gasteiger partial charge in [-0.15, -0.1) is 0 Å². The number of hydrogen-bond donors (Lipinski definition) is 1. The molecule has 1 fully saturated rings. The Bertz CT molecular complexity index is 267. The molecule has 78 valence electrons. The van der Waals surface area contributed by atoms with Crippen molar-refractivity contribution in [2.24, 2.45) is 11.7 Å². The molecule has 1 saturated heterocycles. The molecule has 1 aliphatic rings. The molecule has 0 aliphatic carbocycles. The molecule has 14 heavy (non-hydrogen) atoms. The van der Waals surface area contributed by atoms with Gasteiger partial charge in [0.2, 0.25) is 0 Å². The van der Waals surface area contributed by atoms with E-state index in [4.69, 9.17) is 5.73 Å². The zero-order chi connectivity index (χ0) is 10.7. The van der Waals surface area contributed by atoms with Gasteiger partial charge in [0.15, 0.2) is 0 Å². The van der Waals surface area contributed by atoms with Gasteiger partial charge in [-0.2, -0.15) is 0 Å². The van der Waals surface area contributed by atoms with Crippen molar-refractivity contribution in [2.45, 2.75) is 19.8 Å². The maximum atomic E-state index is 11.1. The van der Waals surface area contributed by atoms with Gasteiger partial charge in [-0.25, -0.2) is 0 Å². The minimum absolute atomic E-state index is 0.0342. The Hall–Kier alpha value is -1.39. The summed E-state index contributed by atoms with van der Waals surface area (Å²) >= 11 is 0. The van der Waals surface area contributed by atoms with Gasteiger partial charge in [0.25, 0.3) is 0 Å². The third kappa shape index (κ3) is 2.31. The summed E-state index contributed by atoms with van der Waals surface area (Å²) in [5.74, 6) is -1.39. The number of carbonyl (C=O) groups is 3. The Balaban J connectivity index is 2.47. The standard InChI is InChI=1S/C9H14N2O3/c1-6(12)7-2-4-11(5-3-7)9(14)8(10)13/h7H,2-5H2,1H3,(H2,10,13). The van der Waals surface area contributed by atoms with Crippen LogP contribution in [0.25, 0.3) is 0 Å². The summed E-state index contributed by atoms with van der Waals surface area (Å²) in [6, 6.07) is 0. The first-order valence-electron chi connectivity index (χ1n) is 4.61. The summed E-state index contributed by atoms with van der Waals surface area (Å²) in [5, 5.41) is 0. The zero-order valence-electron chi connectivity index (χ0n) is 8.16. The Morgan fingerprint density at radius 3 is 2.07 bits per heavy atom. The largest absolute Gasteiger partial charge is 0.361 e. The summed E-state index contributed by atoms with van der Waals surface area (Å²) in [5.41, 5.74) is 4.86. The van der Waals surface area contributed by atoms with Crippen LogP contribution in [0, 0.1) is 5.92 Å². The highest BCUT2D eigenvalue weighted by atomic mass is 16.2. The summed E-state index contributed by atoms with van der Waals surface area (Å²) in [6.45, 7) is 2.45. The SMILES string of the molecule is CC(=O)C1CCN(C(=O)C(N)=O)CC1. The molecule has 0 saturated carbocycles. The molecule has 0 spiro atoms. The lowest BCUT2D eigenvalue weighted by Gasteiger charge is -2.29. The predicted octanol–water partition coefficient (Wildman–Crippen LogP) is -0.701. The highest BCUT2D eigenvalue weighted by molar-refractivity contribution is 6.34. The third-order valence-electron chi connectivity index (χ3n) is 2.57. The van der Waals surface area contributed by atoms with E-state index in [-0.39, 0.29) is 11.7 Å². The van der Waals surface area contributed by atoms with E-state index in [1.165, 1.54) is 4.90 Å². The van der Waals surface area contributed by atoms with Crippen LogP contribution in [0.4, 0.5) is 0 Å². The van der Waals surface area contributed by atoms with Crippen LogP contribution in [0.1, 0.15) is 19.8 Å². The zero-order valence-corrected chi connectivity index (χ0v) is 8.16. The second-order valence-corrected chi connectivity index (χ2v) is 3.54. The topological polar surface area (TPSA) is 80.5 Å². The second-order valence-electron chi connectivity index (χ2n) is 3.54. The Morgan fingerprint density at radius 2 is 1.71 bits per heavy atom. The number of primary amides is 1. The number of nitrogens with two attached hydrogens (primary N) is 1. The van der Waals surface area contributed by atoms with Gasteiger partial charge < -0.3 is 10.6 Å². The van der Waals surface area contributed by atoms with Gasteiger partial charge in [-0.3, -0.25) is 14.4 Å². The summed E-state index contributed by atoms with van der Waals surface area (Å²) in [4.78, 5) is 34.1. The van der Waals surface area contributed by atoms with Crippen LogP contribution < -0.4 is 5.73 Å².